The number of rotatable bonds is 8. The van der Waals surface area contributed by atoms with E-state index in [1.807, 2.05) is 34.0 Å². The Bertz CT molecular complexity index is 10900. The summed E-state index contributed by atoms with van der Waals surface area (Å²) in [6.45, 7) is 4.67. The molecular formula is C133H81N9S3. The largest absolute Gasteiger partial charge is 0.277 e. The van der Waals surface area contributed by atoms with Gasteiger partial charge in [0.2, 0.25) is 17.8 Å². The molecule has 0 atom stereocenters. The predicted octanol–water partition coefficient (Wildman–Crippen LogP) is 36.5. The molecule has 0 aliphatic heterocycles. The molecule has 9 heterocycles. The lowest BCUT2D eigenvalue weighted by Gasteiger charge is -2.22. The van der Waals surface area contributed by atoms with Gasteiger partial charge in [0.1, 0.15) is 0 Å². The highest BCUT2D eigenvalue weighted by molar-refractivity contribution is 7.28. The summed E-state index contributed by atoms with van der Waals surface area (Å²) >= 11 is 5.65. The molecule has 676 valence electrons. The van der Waals surface area contributed by atoms with Crippen LogP contribution in [0.1, 0.15) is 25.0 Å². The van der Waals surface area contributed by atoms with Crippen LogP contribution in [0.25, 0.3) is 287 Å². The van der Waals surface area contributed by atoms with Gasteiger partial charge in [-0.1, -0.05) is 384 Å². The molecule has 0 radical (unpaired) electrons. The first-order valence-electron chi connectivity index (χ1n) is 49.3. The van der Waals surface area contributed by atoms with Gasteiger partial charge in [-0.15, -0.1) is 34.0 Å². The Morgan fingerprint density at radius 2 is 0.497 bits per heavy atom. The molecule has 1 aliphatic rings. The molecule has 22 aromatic carbocycles. The van der Waals surface area contributed by atoms with Crippen molar-refractivity contribution in [3.63, 3.8) is 0 Å². The van der Waals surface area contributed by atoms with E-state index in [0.717, 1.165) is 111 Å². The first kappa shape index (κ1) is 82.8. The molecule has 0 spiro atoms. The molecule has 32 rings (SSSR count). The summed E-state index contributed by atoms with van der Waals surface area (Å²) < 4.78 is 14.8. The van der Waals surface area contributed by atoms with E-state index in [1.54, 1.807) is 0 Å². The zero-order valence-electron chi connectivity index (χ0n) is 78.6. The van der Waals surface area contributed by atoms with Crippen molar-refractivity contribution in [3.8, 4) is 85.0 Å². The zero-order valence-corrected chi connectivity index (χ0v) is 81.0. The molecular weight excluding hydrogens is 1820 g/mol. The van der Waals surface area contributed by atoms with E-state index >= 15 is 0 Å². The van der Waals surface area contributed by atoms with Crippen molar-refractivity contribution in [2.24, 2.45) is 0 Å². The molecule has 0 unspecified atom stereocenters. The van der Waals surface area contributed by atoms with E-state index in [0.29, 0.717) is 17.8 Å². The smallest absolute Gasteiger partial charge is 0.235 e. The van der Waals surface area contributed by atoms with E-state index in [2.05, 4.69) is 483 Å². The molecule has 9 aromatic heterocycles. The Kier molecular flexibility index (Phi) is 18.6. The molecule has 12 heteroatoms. The first-order valence-corrected chi connectivity index (χ1v) is 51.7. The van der Waals surface area contributed by atoms with Crippen LogP contribution >= 0.6 is 34.0 Å². The summed E-state index contributed by atoms with van der Waals surface area (Å²) in [5.41, 5.74) is 25.4. The lowest BCUT2D eigenvalue weighted by Crippen LogP contribution is -2.15. The number of para-hydroxylation sites is 6. The van der Waals surface area contributed by atoms with E-state index in [1.165, 1.54) is 169 Å². The number of hydrogen-bond acceptors (Lipinski definition) is 9. The van der Waals surface area contributed by atoms with Crippen LogP contribution in [-0.2, 0) is 5.41 Å². The van der Waals surface area contributed by atoms with Crippen molar-refractivity contribution >= 4 is 236 Å². The van der Waals surface area contributed by atoms with Crippen molar-refractivity contribution in [1.82, 2.24) is 43.6 Å². The maximum atomic E-state index is 5.57. The van der Waals surface area contributed by atoms with Gasteiger partial charge >= 0.3 is 0 Å². The monoisotopic (exact) mass is 1900 g/mol. The second-order valence-electron chi connectivity index (χ2n) is 38.5. The third-order valence-electron chi connectivity index (χ3n) is 30.1. The minimum atomic E-state index is -0.103. The number of thiophene rings is 3. The van der Waals surface area contributed by atoms with Crippen LogP contribution in [0.3, 0.4) is 0 Å². The maximum Gasteiger partial charge on any atom is 0.235 e. The zero-order chi connectivity index (χ0) is 95.4. The highest BCUT2D eigenvalue weighted by Gasteiger charge is 2.37. The van der Waals surface area contributed by atoms with Crippen LogP contribution in [-0.4, -0.2) is 43.6 Å². The normalized spacial score (nSPS) is 12.5. The summed E-state index contributed by atoms with van der Waals surface area (Å²) in [6, 6.07) is 163. The summed E-state index contributed by atoms with van der Waals surface area (Å²) in [7, 11) is 0. The second kappa shape index (κ2) is 32.5. The highest BCUT2D eigenvalue weighted by atomic mass is 32.1. The third-order valence-corrected chi connectivity index (χ3v) is 33.7. The lowest BCUT2D eigenvalue weighted by molar-refractivity contribution is 0.660. The van der Waals surface area contributed by atoms with E-state index in [-0.39, 0.29) is 5.41 Å². The van der Waals surface area contributed by atoms with Gasteiger partial charge in [0.05, 0.1) is 66.7 Å². The van der Waals surface area contributed by atoms with Crippen molar-refractivity contribution in [1.29, 1.82) is 0 Å². The average Bonchev–Trinajstić information content (AvgIpc) is 1.54. The summed E-state index contributed by atoms with van der Waals surface area (Å²) in [6.07, 6.45) is 0. The van der Waals surface area contributed by atoms with Gasteiger partial charge in [0.15, 0.2) is 0 Å². The summed E-state index contributed by atoms with van der Waals surface area (Å²) in [4.78, 5) is 32.5. The Labute approximate surface area is 843 Å². The number of nitrogens with zero attached hydrogens (tertiary/aromatic N) is 9. The summed E-state index contributed by atoms with van der Waals surface area (Å²) in [5, 5.41) is 28.1. The minimum Gasteiger partial charge on any atom is -0.277 e. The molecule has 0 saturated carbocycles. The molecule has 145 heavy (non-hydrogen) atoms. The third kappa shape index (κ3) is 12.7. The lowest BCUT2D eigenvalue weighted by atomic mass is 9.82. The molecule has 0 bridgehead atoms. The molecule has 9 nitrogen and oxygen atoms in total. The maximum absolute atomic E-state index is 5.57. The standard InChI is InChI=1S/C48H29N3S.C45H29N3S.C40H23N3S/c1-3-15-30(16-4-1)32-27-33(31-17-5-2-6-18-31)29-34(28-32)45-37-21-9-12-24-40(37)49-48(50-45)51-41-25-13-10-22-38(41)43-44-39-23-11-14-26-42(39)52-47(44)36-20-8-7-19-35(36)46(43)51;1-45(2)34-19-9-5-13-27(34)28-24-23-26(25-35(28)45)41-31-16-6-10-20-36(31)46-44(47-41)48-37-21-11-7-17-32(37)39-40-33-18-8-12-22-38(33)49-43(40)30-15-4-3-14-29(30)42(39)48;1-2-12-25-23-26(22-21-24(25)11-1)37-29-15-5-8-18-32(29)41-40(42-37)43-33-19-9-6-16-30(33)35-36-31-17-7-10-20-34(31)44-39(36)28-14-4-3-13-27(28)38(35)43/h1-29H;3-25H,1-2H3;1-23H. The van der Waals surface area contributed by atoms with Crippen LogP contribution in [0.4, 0.5) is 0 Å². The van der Waals surface area contributed by atoms with Crippen LogP contribution in [0, 0.1) is 0 Å². The van der Waals surface area contributed by atoms with Crippen molar-refractivity contribution in [3.05, 3.63) is 466 Å². The molecule has 1 aliphatic carbocycles. The van der Waals surface area contributed by atoms with Gasteiger partial charge in [0, 0.05) is 163 Å². The highest BCUT2D eigenvalue weighted by Crippen LogP contribution is 2.55. The Morgan fingerprint density at radius 3 is 0.917 bits per heavy atom. The quantitative estimate of drug-likeness (QED) is 0.150. The number of benzene rings is 22. The van der Waals surface area contributed by atoms with Gasteiger partial charge in [-0.3, -0.25) is 13.7 Å². The SMILES string of the molecule is CC1(C)c2ccccc2-c2ccc(-c3nc(-n4c5ccccc5c5c6c7ccccc7sc6c6ccccc6c54)nc4ccccc34)cc21.c1ccc(-c2cc(-c3ccccc3)cc(-c3nc(-n4c5ccccc5c5c6c7ccccc7sc6c6ccccc6c54)nc4ccccc34)c2)cc1.c1ccc2cc(-c3nc(-n4c5ccccc5c5c6c7ccccc7sc6c6ccccc6c54)nc4ccccc34)ccc2c1. The van der Waals surface area contributed by atoms with Crippen LogP contribution in [0.5, 0.6) is 0 Å². The molecule has 0 saturated heterocycles. The molecule has 31 aromatic rings. The van der Waals surface area contributed by atoms with Gasteiger partial charge in [-0.05, 0) is 140 Å². The van der Waals surface area contributed by atoms with Crippen LogP contribution in [0.2, 0.25) is 0 Å². The molecule has 0 amide bonds. The fraction of sp³-hybridized carbons (Fsp3) is 0.0226. The number of aromatic nitrogens is 9. The van der Waals surface area contributed by atoms with E-state index < -0.39 is 0 Å². The van der Waals surface area contributed by atoms with Crippen molar-refractivity contribution in [2.45, 2.75) is 19.3 Å². The fourth-order valence-electron chi connectivity index (χ4n) is 23.7. The Hall–Kier alpha value is -18.0. The summed E-state index contributed by atoms with van der Waals surface area (Å²) in [5.74, 6) is 2.03. The van der Waals surface area contributed by atoms with E-state index in [9.17, 15) is 0 Å². The predicted molar refractivity (Wildman–Crippen MR) is 615 cm³/mol. The fourth-order valence-corrected chi connectivity index (χ4v) is 27.4. The number of fused-ring (bicyclic) bond motifs is 37. The van der Waals surface area contributed by atoms with Gasteiger partial charge in [0.25, 0.3) is 0 Å². The van der Waals surface area contributed by atoms with Crippen molar-refractivity contribution in [2.75, 3.05) is 0 Å². The van der Waals surface area contributed by atoms with Crippen molar-refractivity contribution < 1.29 is 0 Å². The number of hydrogen-bond donors (Lipinski definition) is 0. The molecule has 0 N–H and O–H groups in total. The first-order chi connectivity index (χ1) is 71.7. The molecule has 0 fully saturated rings. The average molecular weight is 1900 g/mol. The van der Waals surface area contributed by atoms with Crippen LogP contribution in [0.15, 0.2) is 455 Å². The minimum absolute atomic E-state index is 0.103. The van der Waals surface area contributed by atoms with Gasteiger partial charge in [-0.2, -0.15) is 0 Å². The Morgan fingerprint density at radius 1 is 0.193 bits per heavy atom. The topological polar surface area (TPSA) is 92.1 Å². The van der Waals surface area contributed by atoms with Crippen LogP contribution < -0.4 is 0 Å². The Balaban J connectivity index is 0.000000101. The van der Waals surface area contributed by atoms with Gasteiger partial charge < -0.3 is 0 Å². The van der Waals surface area contributed by atoms with Gasteiger partial charge in [-0.25, -0.2) is 29.9 Å². The van der Waals surface area contributed by atoms with E-state index in [4.69, 9.17) is 29.9 Å². The second-order valence-corrected chi connectivity index (χ2v) is 41.6.